The molecule has 2 nitrogen and oxygen atoms in total. The van der Waals surface area contributed by atoms with Crippen molar-refractivity contribution in [2.45, 2.75) is 6.42 Å². The molecule has 0 radical (unpaired) electrons. The van der Waals surface area contributed by atoms with Crippen LogP contribution in [0.3, 0.4) is 0 Å². The molecular weight excluding hydrogens is 268 g/mol. The predicted molar refractivity (Wildman–Crippen MR) is 92.0 cm³/mol. The molecule has 0 amide bonds. The van der Waals surface area contributed by atoms with Crippen molar-refractivity contribution in [3.63, 3.8) is 0 Å². The Hall–Kier alpha value is -3.05. The van der Waals surface area contributed by atoms with E-state index in [9.17, 15) is 0 Å². The fourth-order valence-corrected chi connectivity index (χ4v) is 2.34. The van der Waals surface area contributed by atoms with Crippen molar-refractivity contribution in [1.82, 2.24) is 0 Å². The largest absolute Gasteiger partial charge is 0.384 e. The Morgan fingerprint density at radius 1 is 0.909 bits per heavy atom. The lowest BCUT2D eigenvalue weighted by Crippen LogP contribution is -2.10. The van der Waals surface area contributed by atoms with E-state index in [4.69, 9.17) is 11.1 Å². The molecule has 3 aromatic carbocycles. The van der Waals surface area contributed by atoms with E-state index in [1.165, 1.54) is 5.56 Å². The highest BCUT2D eigenvalue weighted by Crippen LogP contribution is 2.17. The predicted octanol–water partition coefficient (Wildman–Crippen LogP) is 3.72. The molecule has 3 rings (SSSR count). The first-order valence-corrected chi connectivity index (χ1v) is 7.13. The third-order valence-corrected chi connectivity index (χ3v) is 3.52. The number of hydrogen-bond acceptors (Lipinski definition) is 1. The summed E-state index contributed by atoms with van der Waals surface area (Å²) in [6.45, 7) is 0. The van der Waals surface area contributed by atoms with E-state index in [0.717, 1.165) is 28.3 Å². The molecule has 0 bridgehead atoms. The Morgan fingerprint density at radius 3 is 2.41 bits per heavy atom. The summed E-state index contributed by atoms with van der Waals surface area (Å²) in [6.07, 6.45) is 0.752. The molecule has 0 unspecified atom stereocenters. The van der Waals surface area contributed by atoms with Gasteiger partial charge in [0.1, 0.15) is 5.84 Å². The molecule has 0 saturated carbocycles. The van der Waals surface area contributed by atoms with E-state index in [0.29, 0.717) is 0 Å². The molecule has 106 valence electrons. The first kappa shape index (κ1) is 13.9. The van der Waals surface area contributed by atoms with Crippen LogP contribution in [-0.4, -0.2) is 5.84 Å². The van der Waals surface area contributed by atoms with Crippen molar-refractivity contribution in [2.24, 2.45) is 5.73 Å². The van der Waals surface area contributed by atoms with E-state index in [-0.39, 0.29) is 5.84 Å². The molecule has 0 aliphatic heterocycles. The number of fused-ring (bicyclic) bond motifs is 1. The van der Waals surface area contributed by atoms with E-state index in [1.807, 2.05) is 48.5 Å². The fraction of sp³-hybridized carbons (Fsp3) is 0.0500. The van der Waals surface area contributed by atoms with Gasteiger partial charge in [-0.25, -0.2) is 0 Å². The van der Waals surface area contributed by atoms with E-state index < -0.39 is 0 Å². The number of amidine groups is 1. The van der Waals surface area contributed by atoms with Crippen molar-refractivity contribution in [1.29, 1.82) is 5.41 Å². The van der Waals surface area contributed by atoms with Crippen molar-refractivity contribution >= 4 is 16.6 Å². The lowest BCUT2D eigenvalue weighted by Gasteiger charge is -2.02. The van der Waals surface area contributed by atoms with Gasteiger partial charge >= 0.3 is 0 Å². The van der Waals surface area contributed by atoms with Gasteiger partial charge in [0.2, 0.25) is 0 Å². The Balaban J connectivity index is 1.84. The molecule has 0 spiro atoms. The summed E-state index contributed by atoms with van der Waals surface area (Å²) in [6, 6.07) is 22.1. The van der Waals surface area contributed by atoms with E-state index >= 15 is 0 Å². The van der Waals surface area contributed by atoms with Gasteiger partial charge in [0.15, 0.2) is 0 Å². The normalized spacial score (nSPS) is 10.0. The Labute approximate surface area is 130 Å². The molecular formula is C20H16N2. The monoisotopic (exact) mass is 284 g/mol. The number of nitrogens with two attached hydrogens (primary N) is 1. The van der Waals surface area contributed by atoms with Gasteiger partial charge in [-0.3, -0.25) is 5.41 Å². The quantitative estimate of drug-likeness (QED) is 0.420. The molecule has 3 aromatic rings. The zero-order valence-corrected chi connectivity index (χ0v) is 12.1. The summed E-state index contributed by atoms with van der Waals surface area (Å²) >= 11 is 0. The molecule has 0 atom stereocenters. The molecule has 0 saturated heterocycles. The maximum absolute atomic E-state index is 7.48. The van der Waals surface area contributed by atoms with E-state index in [1.54, 1.807) is 0 Å². The summed E-state index contributed by atoms with van der Waals surface area (Å²) < 4.78 is 0. The van der Waals surface area contributed by atoms with Crippen LogP contribution >= 0.6 is 0 Å². The zero-order valence-electron chi connectivity index (χ0n) is 12.1. The maximum Gasteiger partial charge on any atom is 0.122 e. The van der Waals surface area contributed by atoms with Crippen LogP contribution in [0.4, 0.5) is 0 Å². The summed E-state index contributed by atoms with van der Waals surface area (Å²) in [4.78, 5) is 0. The topological polar surface area (TPSA) is 49.9 Å². The minimum atomic E-state index is 0.0913. The van der Waals surface area contributed by atoms with Crippen LogP contribution in [0, 0.1) is 17.3 Å². The zero-order chi connectivity index (χ0) is 15.4. The van der Waals surface area contributed by atoms with Crippen molar-refractivity contribution in [3.8, 4) is 11.8 Å². The van der Waals surface area contributed by atoms with Crippen LogP contribution in [0.5, 0.6) is 0 Å². The lowest BCUT2D eigenvalue weighted by molar-refractivity contribution is 1.32. The first-order valence-electron chi connectivity index (χ1n) is 7.13. The number of hydrogen-bond donors (Lipinski definition) is 2. The van der Waals surface area contributed by atoms with E-state index in [2.05, 4.69) is 30.0 Å². The maximum atomic E-state index is 7.48. The summed E-state index contributed by atoms with van der Waals surface area (Å²) in [5, 5.41) is 9.66. The van der Waals surface area contributed by atoms with Gasteiger partial charge < -0.3 is 5.73 Å². The van der Waals surface area contributed by atoms with Crippen molar-refractivity contribution in [2.75, 3.05) is 0 Å². The standard InChI is InChI=1S/C20H16N2/c21-20(22)19-12-11-17-13-16(9-10-18(17)14-19)8-4-7-15-5-2-1-3-6-15/h1-3,5-6,9-14H,7H2,(H3,21,22). The average molecular weight is 284 g/mol. The lowest BCUT2D eigenvalue weighted by atomic mass is 10.0. The summed E-state index contributed by atoms with van der Waals surface area (Å²) in [5.41, 5.74) is 8.49. The highest BCUT2D eigenvalue weighted by Gasteiger charge is 1.99. The minimum Gasteiger partial charge on any atom is -0.384 e. The Morgan fingerprint density at radius 2 is 1.64 bits per heavy atom. The fourth-order valence-electron chi connectivity index (χ4n) is 2.34. The van der Waals surface area contributed by atoms with Crippen LogP contribution < -0.4 is 5.73 Å². The van der Waals surface area contributed by atoms with Gasteiger partial charge in [0.25, 0.3) is 0 Å². The molecule has 0 fully saturated rings. The van der Waals surface area contributed by atoms with Crippen LogP contribution in [0.2, 0.25) is 0 Å². The number of benzene rings is 3. The van der Waals surface area contributed by atoms with Crippen LogP contribution in [0.15, 0.2) is 66.7 Å². The van der Waals surface area contributed by atoms with Gasteiger partial charge in [-0.2, -0.15) is 0 Å². The van der Waals surface area contributed by atoms with Gasteiger partial charge in [0.05, 0.1) is 0 Å². The molecule has 0 aromatic heterocycles. The highest BCUT2D eigenvalue weighted by atomic mass is 14.7. The molecule has 0 heterocycles. The van der Waals surface area contributed by atoms with Crippen LogP contribution in [-0.2, 0) is 6.42 Å². The molecule has 3 N–H and O–H groups in total. The summed E-state index contributed by atoms with van der Waals surface area (Å²) in [5.74, 6) is 6.51. The van der Waals surface area contributed by atoms with Crippen LogP contribution in [0.1, 0.15) is 16.7 Å². The van der Waals surface area contributed by atoms with Gasteiger partial charge in [-0.05, 0) is 34.5 Å². The van der Waals surface area contributed by atoms with Crippen molar-refractivity contribution in [3.05, 3.63) is 83.4 Å². The second-order valence-corrected chi connectivity index (χ2v) is 5.15. The Kier molecular flexibility index (Phi) is 3.89. The third-order valence-electron chi connectivity index (χ3n) is 3.52. The highest BCUT2D eigenvalue weighted by molar-refractivity contribution is 5.99. The van der Waals surface area contributed by atoms with Gasteiger partial charge in [-0.15, -0.1) is 0 Å². The molecule has 0 aliphatic rings. The molecule has 0 aliphatic carbocycles. The molecule has 2 heteroatoms. The molecule has 22 heavy (non-hydrogen) atoms. The third kappa shape index (κ3) is 3.16. The smallest absolute Gasteiger partial charge is 0.122 e. The average Bonchev–Trinajstić information content (AvgIpc) is 2.55. The van der Waals surface area contributed by atoms with Crippen LogP contribution in [0.25, 0.3) is 10.8 Å². The second-order valence-electron chi connectivity index (χ2n) is 5.15. The van der Waals surface area contributed by atoms with Gasteiger partial charge in [0, 0.05) is 17.5 Å². The van der Waals surface area contributed by atoms with Gasteiger partial charge in [-0.1, -0.05) is 60.4 Å². The Bertz CT molecular complexity index is 884. The SMILES string of the molecule is N=C(N)c1ccc2cc(C#CCc3ccccc3)ccc2c1. The number of rotatable bonds is 2. The first-order chi connectivity index (χ1) is 10.7. The second kappa shape index (κ2) is 6.15. The summed E-state index contributed by atoms with van der Waals surface area (Å²) in [7, 11) is 0. The minimum absolute atomic E-state index is 0.0913. The van der Waals surface area contributed by atoms with Crippen molar-refractivity contribution < 1.29 is 0 Å². The number of nitrogen functional groups attached to an aromatic ring is 1. The number of nitrogens with one attached hydrogen (secondary N) is 1.